The van der Waals surface area contributed by atoms with Crippen molar-refractivity contribution < 1.29 is 23.1 Å². The minimum atomic E-state index is -3.76. The Labute approximate surface area is 107 Å². The molecule has 8 heteroatoms. The standard InChI is InChI=1S/C10H20N2O5S/c1-8(17-2)7-11-18(15,16)12-6-4-3-5-9(12)10(13)14/h8-9,11H,3-7H2,1-2H3,(H,13,14). The van der Waals surface area contributed by atoms with E-state index in [1.807, 2.05) is 0 Å². The van der Waals surface area contributed by atoms with Gasteiger partial charge in [0.25, 0.3) is 10.2 Å². The van der Waals surface area contributed by atoms with Crippen LogP contribution in [0.15, 0.2) is 0 Å². The fourth-order valence-corrected chi connectivity index (χ4v) is 3.34. The van der Waals surface area contributed by atoms with Crippen LogP contribution in [0.2, 0.25) is 0 Å². The van der Waals surface area contributed by atoms with Crippen LogP contribution in [0.5, 0.6) is 0 Å². The Morgan fingerprint density at radius 3 is 2.78 bits per heavy atom. The number of carbonyl (C=O) groups is 1. The molecule has 0 bridgehead atoms. The number of nitrogens with one attached hydrogen (secondary N) is 1. The van der Waals surface area contributed by atoms with Crippen molar-refractivity contribution in [3.63, 3.8) is 0 Å². The number of aliphatic carboxylic acids is 1. The van der Waals surface area contributed by atoms with Crippen molar-refractivity contribution in [2.24, 2.45) is 0 Å². The highest BCUT2D eigenvalue weighted by Gasteiger charge is 2.36. The first-order chi connectivity index (χ1) is 8.38. The predicted molar refractivity (Wildman–Crippen MR) is 65.4 cm³/mol. The molecule has 1 aliphatic rings. The van der Waals surface area contributed by atoms with Crippen molar-refractivity contribution in [2.75, 3.05) is 20.2 Å². The molecule has 0 amide bonds. The number of rotatable bonds is 6. The molecule has 1 saturated heterocycles. The van der Waals surface area contributed by atoms with E-state index >= 15 is 0 Å². The van der Waals surface area contributed by atoms with E-state index in [1.165, 1.54) is 7.11 Å². The minimum absolute atomic E-state index is 0.127. The van der Waals surface area contributed by atoms with Gasteiger partial charge in [-0.05, 0) is 26.2 Å². The molecule has 2 atom stereocenters. The third-order valence-electron chi connectivity index (χ3n) is 3.00. The van der Waals surface area contributed by atoms with Crippen molar-refractivity contribution in [2.45, 2.75) is 38.3 Å². The summed E-state index contributed by atoms with van der Waals surface area (Å²) in [7, 11) is -2.27. The van der Waals surface area contributed by atoms with Crippen molar-refractivity contribution in [3.05, 3.63) is 0 Å². The van der Waals surface area contributed by atoms with Crippen LogP contribution in [0.1, 0.15) is 26.2 Å². The second-order valence-electron chi connectivity index (χ2n) is 4.36. The fourth-order valence-electron chi connectivity index (χ4n) is 1.83. The van der Waals surface area contributed by atoms with Crippen molar-refractivity contribution in [1.29, 1.82) is 0 Å². The van der Waals surface area contributed by atoms with E-state index in [9.17, 15) is 13.2 Å². The van der Waals surface area contributed by atoms with Gasteiger partial charge in [0.2, 0.25) is 0 Å². The zero-order chi connectivity index (χ0) is 13.8. The summed E-state index contributed by atoms with van der Waals surface area (Å²) in [5.41, 5.74) is 0. The average Bonchev–Trinajstić information content (AvgIpc) is 2.36. The van der Waals surface area contributed by atoms with Gasteiger partial charge in [-0.3, -0.25) is 4.79 Å². The number of hydrogen-bond acceptors (Lipinski definition) is 4. The molecule has 2 N–H and O–H groups in total. The number of carboxylic acid groups (broad SMARTS) is 1. The molecule has 1 rings (SSSR count). The lowest BCUT2D eigenvalue weighted by Gasteiger charge is -2.32. The molecule has 0 aromatic rings. The second-order valence-corrected chi connectivity index (χ2v) is 6.07. The summed E-state index contributed by atoms with van der Waals surface area (Å²) in [6.45, 7) is 2.10. The van der Waals surface area contributed by atoms with Gasteiger partial charge in [0.05, 0.1) is 6.10 Å². The number of hydrogen-bond donors (Lipinski definition) is 2. The average molecular weight is 280 g/mol. The summed E-state index contributed by atoms with van der Waals surface area (Å²) < 4.78 is 32.4. The molecule has 0 aromatic carbocycles. The van der Waals surface area contributed by atoms with Crippen LogP contribution >= 0.6 is 0 Å². The molecule has 1 heterocycles. The number of nitrogens with zero attached hydrogens (tertiary/aromatic N) is 1. The molecule has 7 nitrogen and oxygen atoms in total. The lowest BCUT2D eigenvalue weighted by atomic mass is 10.1. The summed E-state index contributed by atoms with van der Waals surface area (Å²) >= 11 is 0. The molecule has 18 heavy (non-hydrogen) atoms. The van der Waals surface area contributed by atoms with Crippen molar-refractivity contribution in [1.82, 2.24) is 9.03 Å². The second kappa shape index (κ2) is 6.46. The van der Waals surface area contributed by atoms with Gasteiger partial charge in [0.15, 0.2) is 0 Å². The van der Waals surface area contributed by atoms with E-state index in [1.54, 1.807) is 6.92 Å². The topological polar surface area (TPSA) is 95.9 Å². The minimum Gasteiger partial charge on any atom is -0.480 e. The maximum absolute atomic E-state index is 12.0. The van der Waals surface area contributed by atoms with Crippen molar-refractivity contribution >= 4 is 16.2 Å². The van der Waals surface area contributed by atoms with Crippen LogP contribution in [0.3, 0.4) is 0 Å². The molecule has 0 radical (unpaired) electrons. The van der Waals surface area contributed by atoms with Crippen LogP contribution < -0.4 is 4.72 Å². The van der Waals surface area contributed by atoms with E-state index < -0.39 is 22.2 Å². The smallest absolute Gasteiger partial charge is 0.322 e. The highest BCUT2D eigenvalue weighted by molar-refractivity contribution is 7.87. The van der Waals surface area contributed by atoms with E-state index in [-0.39, 0.29) is 19.2 Å². The highest BCUT2D eigenvalue weighted by atomic mass is 32.2. The normalized spacial score (nSPS) is 23.8. The van der Waals surface area contributed by atoms with E-state index in [0.29, 0.717) is 12.8 Å². The third kappa shape index (κ3) is 3.91. The van der Waals surface area contributed by atoms with Crippen LogP contribution in [0, 0.1) is 0 Å². The Morgan fingerprint density at radius 2 is 2.22 bits per heavy atom. The van der Waals surface area contributed by atoms with Crippen molar-refractivity contribution in [3.8, 4) is 0 Å². The number of methoxy groups -OCH3 is 1. The van der Waals surface area contributed by atoms with Gasteiger partial charge in [-0.15, -0.1) is 0 Å². The van der Waals surface area contributed by atoms with Gasteiger partial charge in [-0.2, -0.15) is 17.4 Å². The Bertz CT molecular complexity index is 384. The third-order valence-corrected chi connectivity index (χ3v) is 4.59. The zero-order valence-corrected chi connectivity index (χ0v) is 11.4. The molecule has 0 spiro atoms. The number of piperidine rings is 1. The highest BCUT2D eigenvalue weighted by Crippen LogP contribution is 2.19. The Balaban J connectivity index is 2.72. The first-order valence-electron chi connectivity index (χ1n) is 5.90. The van der Waals surface area contributed by atoms with Crippen LogP contribution in [-0.4, -0.2) is 56.1 Å². The van der Waals surface area contributed by atoms with Gasteiger partial charge in [0, 0.05) is 20.2 Å². The summed E-state index contributed by atoms with van der Waals surface area (Å²) in [4.78, 5) is 11.0. The summed E-state index contributed by atoms with van der Waals surface area (Å²) in [5.74, 6) is -1.10. The van der Waals surface area contributed by atoms with Gasteiger partial charge in [-0.25, -0.2) is 0 Å². The molecule has 2 unspecified atom stereocenters. The molecular formula is C10H20N2O5S. The molecule has 106 valence electrons. The summed E-state index contributed by atoms with van der Waals surface area (Å²) in [5, 5.41) is 9.04. The SMILES string of the molecule is COC(C)CNS(=O)(=O)N1CCCCC1C(=O)O. The fraction of sp³-hybridized carbons (Fsp3) is 0.900. The number of ether oxygens (including phenoxy) is 1. The Kier molecular flexibility index (Phi) is 5.51. The van der Waals surface area contributed by atoms with Gasteiger partial charge in [0.1, 0.15) is 6.04 Å². The summed E-state index contributed by atoms with van der Waals surface area (Å²) in [6, 6.07) is -0.964. The molecule has 0 saturated carbocycles. The van der Waals surface area contributed by atoms with E-state index in [4.69, 9.17) is 9.84 Å². The van der Waals surface area contributed by atoms with Crippen LogP contribution in [0.25, 0.3) is 0 Å². The maximum Gasteiger partial charge on any atom is 0.322 e. The molecule has 0 aromatic heterocycles. The Morgan fingerprint density at radius 1 is 1.56 bits per heavy atom. The maximum atomic E-state index is 12.0. The first-order valence-corrected chi connectivity index (χ1v) is 7.34. The van der Waals surface area contributed by atoms with Gasteiger partial charge in [-0.1, -0.05) is 0 Å². The van der Waals surface area contributed by atoms with Gasteiger partial charge >= 0.3 is 5.97 Å². The Hall–Kier alpha value is -0.700. The van der Waals surface area contributed by atoms with Crippen LogP contribution in [-0.2, 0) is 19.7 Å². The molecular weight excluding hydrogens is 260 g/mol. The largest absolute Gasteiger partial charge is 0.480 e. The lowest BCUT2D eigenvalue weighted by Crippen LogP contribution is -2.53. The first kappa shape index (κ1) is 15.4. The molecule has 0 aliphatic carbocycles. The predicted octanol–water partition coefficient (Wildman–Crippen LogP) is -0.205. The summed E-state index contributed by atoms with van der Waals surface area (Å²) in [6.07, 6.45) is 1.52. The zero-order valence-electron chi connectivity index (χ0n) is 10.6. The van der Waals surface area contributed by atoms with Gasteiger partial charge < -0.3 is 9.84 Å². The molecule has 1 aliphatic heterocycles. The molecule has 1 fully saturated rings. The monoisotopic (exact) mass is 280 g/mol. The quantitative estimate of drug-likeness (QED) is 0.702. The van der Waals surface area contributed by atoms with E-state index in [2.05, 4.69) is 4.72 Å². The number of carboxylic acids is 1. The van der Waals surface area contributed by atoms with Crippen LogP contribution in [0.4, 0.5) is 0 Å². The lowest BCUT2D eigenvalue weighted by molar-refractivity contribution is -0.142. The van der Waals surface area contributed by atoms with E-state index in [0.717, 1.165) is 10.7 Å².